The predicted octanol–water partition coefficient (Wildman–Crippen LogP) is 3.53. The monoisotopic (exact) mass is 429 g/mol. The summed E-state index contributed by atoms with van der Waals surface area (Å²) in [6, 6.07) is 12.2. The van der Waals surface area contributed by atoms with Gasteiger partial charge in [0.15, 0.2) is 0 Å². The van der Waals surface area contributed by atoms with Crippen molar-refractivity contribution in [3.05, 3.63) is 66.4 Å². The zero-order valence-electron chi connectivity index (χ0n) is 17.9. The van der Waals surface area contributed by atoms with Crippen molar-refractivity contribution in [1.29, 1.82) is 5.41 Å². The van der Waals surface area contributed by atoms with Gasteiger partial charge in [-0.3, -0.25) is 10.4 Å². The van der Waals surface area contributed by atoms with E-state index in [1.54, 1.807) is 12.3 Å². The molecule has 2 aliphatic rings. The Balaban J connectivity index is 1.27. The van der Waals surface area contributed by atoms with Crippen molar-refractivity contribution in [1.82, 2.24) is 24.8 Å². The van der Waals surface area contributed by atoms with Crippen LogP contribution in [0.4, 0.5) is 5.82 Å². The number of nitrogens with zero attached hydrogens (tertiary/aromatic N) is 5. The van der Waals surface area contributed by atoms with Gasteiger partial charge in [0.05, 0.1) is 42.5 Å². The number of aromatic amines is 1. The van der Waals surface area contributed by atoms with Crippen molar-refractivity contribution >= 4 is 17.7 Å². The number of imidazole rings is 1. The van der Waals surface area contributed by atoms with E-state index in [0.29, 0.717) is 11.7 Å². The maximum atomic E-state index is 8.57. The largest absolute Gasteiger partial charge is 0.378 e. The molecule has 0 radical (unpaired) electrons. The molecule has 3 aromatic rings. The summed E-state index contributed by atoms with van der Waals surface area (Å²) >= 11 is 0. The van der Waals surface area contributed by atoms with Crippen molar-refractivity contribution in [2.24, 2.45) is 0 Å². The van der Waals surface area contributed by atoms with Gasteiger partial charge in [-0.2, -0.15) is 0 Å². The number of morpholine rings is 1. The van der Waals surface area contributed by atoms with Gasteiger partial charge in [-0.25, -0.2) is 9.97 Å². The zero-order chi connectivity index (χ0) is 21.8. The highest BCUT2D eigenvalue weighted by Crippen LogP contribution is 2.31. The van der Waals surface area contributed by atoms with E-state index >= 15 is 0 Å². The number of anilines is 1. The third-order valence-corrected chi connectivity index (χ3v) is 5.93. The van der Waals surface area contributed by atoms with Gasteiger partial charge < -0.3 is 19.5 Å². The summed E-state index contributed by atoms with van der Waals surface area (Å²) in [5.74, 6) is 2.13. The third kappa shape index (κ3) is 4.40. The van der Waals surface area contributed by atoms with E-state index in [1.165, 1.54) is 0 Å². The Hall–Kier alpha value is -3.52. The van der Waals surface area contributed by atoms with Crippen LogP contribution in [-0.4, -0.2) is 63.5 Å². The van der Waals surface area contributed by atoms with Gasteiger partial charge in [0.25, 0.3) is 0 Å². The fraction of sp³-hybridized carbons (Fsp3) is 0.333. The fourth-order valence-corrected chi connectivity index (χ4v) is 4.28. The number of ether oxygens (including phenoxy) is 1. The molecule has 0 spiro atoms. The fourth-order valence-electron chi connectivity index (χ4n) is 4.28. The van der Waals surface area contributed by atoms with Gasteiger partial charge in [-0.05, 0) is 49.3 Å². The molecular formula is C24H27N7O. The van der Waals surface area contributed by atoms with Crippen molar-refractivity contribution in [2.75, 3.05) is 37.7 Å². The highest BCUT2D eigenvalue weighted by atomic mass is 16.5. The van der Waals surface area contributed by atoms with Crippen LogP contribution in [0.1, 0.15) is 30.4 Å². The van der Waals surface area contributed by atoms with Gasteiger partial charge in [-0.15, -0.1) is 0 Å². The summed E-state index contributed by atoms with van der Waals surface area (Å²) in [7, 11) is 0. The van der Waals surface area contributed by atoms with Crippen LogP contribution in [0.15, 0.2) is 54.9 Å². The van der Waals surface area contributed by atoms with Gasteiger partial charge in [-0.1, -0.05) is 12.1 Å². The van der Waals surface area contributed by atoms with Crippen LogP contribution in [0.3, 0.4) is 0 Å². The van der Waals surface area contributed by atoms with Crippen molar-refractivity contribution in [3.63, 3.8) is 0 Å². The van der Waals surface area contributed by atoms with E-state index in [9.17, 15) is 0 Å². The molecule has 2 fully saturated rings. The molecule has 2 N–H and O–H groups in total. The SMILES string of the molecule is N=C(C=Cc1ncc(-c2cccc(N3CCOCC3)n2)[nH]1)N1CCCC1c1ccccn1. The average Bonchev–Trinajstić information content (AvgIpc) is 3.54. The summed E-state index contributed by atoms with van der Waals surface area (Å²) in [4.78, 5) is 21.4. The normalized spacial score (nSPS) is 19.1. The molecular weight excluding hydrogens is 402 g/mol. The minimum absolute atomic E-state index is 0.160. The summed E-state index contributed by atoms with van der Waals surface area (Å²) in [5.41, 5.74) is 2.74. The smallest absolute Gasteiger partial charge is 0.130 e. The van der Waals surface area contributed by atoms with Crippen LogP contribution in [0.25, 0.3) is 17.5 Å². The van der Waals surface area contributed by atoms with Crippen molar-refractivity contribution in [2.45, 2.75) is 18.9 Å². The highest BCUT2D eigenvalue weighted by Gasteiger charge is 2.27. The Bertz CT molecular complexity index is 1090. The number of aromatic nitrogens is 4. The van der Waals surface area contributed by atoms with Gasteiger partial charge in [0.1, 0.15) is 17.5 Å². The molecule has 1 atom stereocenters. The number of amidine groups is 1. The highest BCUT2D eigenvalue weighted by molar-refractivity contribution is 5.94. The zero-order valence-corrected chi connectivity index (χ0v) is 17.9. The number of hydrogen-bond acceptors (Lipinski definition) is 6. The molecule has 3 aromatic heterocycles. The van der Waals surface area contributed by atoms with E-state index in [1.807, 2.05) is 48.7 Å². The van der Waals surface area contributed by atoms with Gasteiger partial charge in [0, 0.05) is 25.8 Å². The first-order chi connectivity index (χ1) is 15.8. The molecule has 0 aliphatic carbocycles. The molecule has 5 heterocycles. The minimum atomic E-state index is 0.160. The first-order valence-electron chi connectivity index (χ1n) is 11.1. The predicted molar refractivity (Wildman–Crippen MR) is 125 cm³/mol. The quantitative estimate of drug-likeness (QED) is 0.476. The van der Waals surface area contributed by atoms with E-state index in [4.69, 9.17) is 15.1 Å². The second-order valence-electron chi connectivity index (χ2n) is 7.99. The lowest BCUT2D eigenvalue weighted by molar-refractivity contribution is 0.122. The van der Waals surface area contributed by atoms with E-state index in [-0.39, 0.29) is 6.04 Å². The average molecular weight is 430 g/mol. The Labute approximate surface area is 187 Å². The van der Waals surface area contributed by atoms with Crippen molar-refractivity contribution < 1.29 is 4.74 Å². The summed E-state index contributed by atoms with van der Waals surface area (Å²) < 4.78 is 5.44. The molecule has 0 amide bonds. The molecule has 0 aromatic carbocycles. The third-order valence-electron chi connectivity index (χ3n) is 5.93. The molecule has 164 valence electrons. The molecule has 5 rings (SSSR count). The number of nitrogens with one attached hydrogen (secondary N) is 2. The van der Waals surface area contributed by atoms with Crippen LogP contribution >= 0.6 is 0 Å². The van der Waals surface area contributed by atoms with Gasteiger partial charge >= 0.3 is 0 Å². The van der Waals surface area contributed by atoms with E-state index in [0.717, 1.165) is 68.6 Å². The molecule has 2 saturated heterocycles. The van der Waals surface area contributed by atoms with Crippen LogP contribution in [0.2, 0.25) is 0 Å². The number of H-pyrrole nitrogens is 1. The molecule has 1 unspecified atom stereocenters. The summed E-state index contributed by atoms with van der Waals surface area (Å²) in [6.45, 7) is 4.03. The van der Waals surface area contributed by atoms with E-state index in [2.05, 4.69) is 24.8 Å². The summed E-state index contributed by atoms with van der Waals surface area (Å²) in [5, 5.41) is 8.57. The topological polar surface area (TPSA) is 94.0 Å². The van der Waals surface area contributed by atoms with E-state index < -0.39 is 0 Å². The standard InChI is InChI=1S/C24H27N7O/c25-22(31-12-4-7-21(31)19-5-1-2-11-26-19)9-10-23-27-17-20(28-23)18-6-3-8-24(29-18)30-13-15-32-16-14-30/h1-3,5-6,8-11,17,21,25H,4,7,12-16H2,(H,27,28). The Morgan fingerprint density at radius 3 is 2.84 bits per heavy atom. The second kappa shape index (κ2) is 9.32. The maximum Gasteiger partial charge on any atom is 0.130 e. The van der Waals surface area contributed by atoms with Crippen LogP contribution in [0, 0.1) is 5.41 Å². The Morgan fingerprint density at radius 2 is 2.00 bits per heavy atom. The number of likely N-dealkylation sites (tertiary alicyclic amines) is 1. The lowest BCUT2D eigenvalue weighted by atomic mass is 10.1. The lowest BCUT2D eigenvalue weighted by Crippen LogP contribution is -2.36. The molecule has 8 heteroatoms. The lowest BCUT2D eigenvalue weighted by Gasteiger charge is -2.27. The summed E-state index contributed by atoms with van der Waals surface area (Å²) in [6.07, 6.45) is 9.35. The molecule has 32 heavy (non-hydrogen) atoms. The Morgan fingerprint density at radius 1 is 1.09 bits per heavy atom. The molecule has 8 nitrogen and oxygen atoms in total. The molecule has 2 aliphatic heterocycles. The van der Waals surface area contributed by atoms with Crippen LogP contribution < -0.4 is 4.90 Å². The van der Waals surface area contributed by atoms with Crippen LogP contribution in [0.5, 0.6) is 0 Å². The first kappa shape index (κ1) is 20.4. The number of rotatable bonds is 5. The van der Waals surface area contributed by atoms with Crippen molar-refractivity contribution in [3.8, 4) is 11.4 Å². The van der Waals surface area contributed by atoms with Gasteiger partial charge in [0.2, 0.25) is 0 Å². The Kier molecular flexibility index (Phi) is 5.93. The molecule has 0 saturated carbocycles. The maximum absolute atomic E-state index is 8.57. The first-order valence-corrected chi connectivity index (χ1v) is 11.1. The second-order valence-corrected chi connectivity index (χ2v) is 7.99. The molecule has 0 bridgehead atoms. The van der Waals surface area contributed by atoms with Crippen LogP contribution in [-0.2, 0) is 4.74 Å². The minimum Gasteiger partial charge on any atom is -0.378 e. The number of pyridine rings is 2. The number of hydrogen-bond donors (Lipinski definition) is 2.